The van der Waals surface area contributed by atoms with E-state index in [0.717, 1.165) is 11.4 Å². The molecule has 0 aliphatic carbocycles. The molecule has 0 aromatic carbocycles. The Morgan fingerprint density at radius 3 is 2.88 bits per heavy atom. The standard InChI is InChI=1S/C13H14N4/c1-13(2,6-7-14)11-5-9-17(10-11)12-4-3-8-15-16-12/h3-5,8-10H,6H2,1-2H3. The van der Waals surface area contributed by atoms with Crippen LogP contribution in [-0.4, -0.2) is 14.8 Å². The van der Waals surface area contributed by atoms with Gasteiger partial charge in [0.05, 0.1) is 6.07 Å². The van der Waals surface area contributed by atoms with Crippen LogP contribution in [0.5, 0.6) is 0 Å². The first-order chi connectivity index (χ1) is 8.13. The Morgan fingerprint density at radius 2 is 2.24 bits per heavy atom. The van der Waals surface area contributed by atoms with Crippen LogP contribution in [0, 0.1) is 11.3 Å². The Kier molecular flexibility index (Phi) is 2.92. The van der Waals surface area contributed by atoms with Crippen molar-refractivity contribution < 1.29 is 0 Å². The van der Waals surface area contributed by atoms with Gasteiger partial charge in [0, 0.05) is 30.4 Å². The minimum atomic E-state index is -0.137. The van der Waals surface area contributed by atoms with E-state index in [1.54, 1.807) is 6.20 Å². The van der Waals surface area contributed by atoms with E-state index in [2.05, 4.69) is 30.1 Å². The lowest BCUT2D eigenvalue weighted by atomic mass is 9.84. The first-order valence-electron chi connectivity index (χ1n) is 5.47. The van der Waals surface area contributed by atoms with Gasteiger partial charge in [0.15, 0.2) is 5.82 Å². The van der Waals surface area contributed by atoms with E-state index in [1.807, 2.05) is 35.2 Å². The maximum absolute atomic E-state index is 8.81. The van der Waals surface area contributed by atoms with Crippen LogP contribution >= 0.6 is 0 Å². The molecular weight excluding hydrogens is 212 g/mol. The summed E-state index contributed by atoms with van der Waals surface area (Å²) < 4.78 is 1.92. The average molecular weight is 226 g/mol. The molecule has 0 bridgehead atoms. The Labute approximate surface area is 101 Å². The highest BCUT2D eigenvalue weighted by atomic mass is 15.2. The number of hydrogen-bond acceptors (Lipinski definition) is 3. The molecular formula is C13H14N4. The number of aromatic nitrogens is 3. The number of nitrogens with zero attached hydrogens (tertiary/aromatic N) is 4. The highest BCUT2D eigenvalue weighted by Gasteiger charge is 2.21. The van der Waals surface area contributed by atoms with Crippen LogP contribution in [-0.2, 0) is 5.41 Å². The van der Waals surface area contributed by atoms with Crippen molar-refractivity contribution in [3.05, 3.63) is 42.4 Å². The van der Waals surface area contributed by atoms with Gasteiger partial charge in [-0.2, -0.15) is 10.4 Å². The highest BCUT2D eigenvalue weighted by Crippen LogP contribution is 2.27. The second-order valence-electron chi connectivity index (χ2n) is 4.61. The van der Waals surface area contributed by atoms with Gasteiger partial charge in [-0.15, -0.1) is 5.10 Å². The summed E-state index contributed by atoms with van der Waals surface area (Å²) in [6.45, 7) is 4.12. The van der Waals surface area contributed by atoms with Crippen molar-refractivity contribution in [1.29, 1.82) is 5.26 Å². The third-order valence-corrected chi connectivity index (χ3v) is 2.82. The Morgan fingerprint density at radius 1 is 1.41 bits per heavy atom. The molecule has 86 valence electrons. The molecule has 0 aliphatic rings. The topological polar surface area (TPSA) is 54.5 Å². The molecule has 0 amide bonds. The summed E-state index contributed by atoms with van der Waals surface area (Å²) in [7, 11) is 0. The summed E-state index contributed by atoms with van der Waals surface area (Å²) in [6.07, 6.45) is 6.09. The fraction of sp³-hybridized carbons (Fsp3) is 0.308. The fourth-order valence-electron chi connectivity index (χ4n) is 1.67. The summed E-state index contributed by atoms with van der Waals surface area (Å²) in [5.41, 5.74) is 0.993. The normalized spacial score (nSPS) is 11.1. The molecule has 0 radical (unpaired) electrons. The smallest absolute Gasteiger partial charge is 0.159 e. The predicted molar refractivity (Wildman–Crippen MR) is 64.6 cm³/mol. The Hall–Kier alpha value is -2.15. The predicted octanol–water partition coefficient (Wildman–Crippen LogP) is 2.46. The molecule has 4 nitrogen and oxygen atoms in total. The van der Waals surface area contributed by atoms with Gasteiger partial charge in [-0.3, -0.25) is 0 Å². The Balaban J connectivity index is 2.32. The fourth-order valence-corrected chi connectivity index (χ4v) is 1.67. The minimum absolute atomic E-state index is 0.137. The first-order valence-corrected chi connectivity index (χ1v) is 5.47. The van der Waals surface area contributed by atoms with Crippen molar-refractivity contribution >= 4 is 0 Å². The third-order valence-electron chi connectivity index (χ3n) is 2.82. The van der Waals surface area contributed by atoms with Crippen LogP contribution < -0.4 is 0 Å². The van der Waals surface area contributed by atoms with E-state index in [4.69, 9.17) is 5.26 Å². The van der Waals surface area contributed by atoms with Gasteiger partial charge in [-0.25, -0.2) is 0 Å². The average Bonchev–Trinajstić information content (AvgIpc) is 2.80. The van der Waals surface area contributed by atoms with Crippen LogP contribution in [0.15, 0.2) is 36.8 Å². The van der Waals surface area contributed by atoms with E-state index in [0.29, 0.717) is 6.42 Å². The molecule has 0 saturated carbocycles. The lowest BCUT2D eigenvalue weighted by Gasteiger charge is -2.19. The molecule has 0 atom stereocenters. The second-order valence-corrected chi connectivity index (χ2v) is 4.61. The lowest BCUT2D eigenvalue weighted by Crippen LogP contribution is -2.15. The van der Waals surface area contributed by atoms with Gasteiger partial charge in [0.25, 0.3) is 0 Å². The number of hydrogen-bond donors (Lipinski definition) is 0. The summed E-state index contributed by atoms with van der Waals surface area (Å²) in [5.74, 6) is 0.784. The molecule has 0 unspecified atom stereocenters. The minimum Gasteiger partial charge on any atom is -0.307 e. The molecule has 0 N–H and O–H groups in total. The van der Waals surface area contributed by atoms with Crippen LogP contribution in [0.2, 0.25) is 0 Å². The zero-order chi connectivity index (χ0) is 12.3. The lowest BCUT2D eigenvalue weighted by molar-refractivity contribution is 0.540. The molecule has 2 aromatic heterocycles. The molecule has 2 heterocycles. The van der Waals surface area contributed by atoms with Crippen molar-refractivity contribution in [2.75, 3.05) is 0 Å². The van der Waals surface area contributed by atoms with E-state index in [1.165, 1.54) is 0 Å². The maximum atomic E-state index is 8.81. The molecule has 0 saturated heterocycles. The third kappa shape index (κ3) is 2.34. The summed E-state index contributed by atoms with van der Waals surface area (Å²) in [5, 5.41) is 16.7. The summed E-state index contributed by atoms with van der Waals surface area (Å²) >= 11 is 0. The van der Waals surface area contributed by atoms with Gasteiger partial charge in [-0.05, 0) is 23.8 Å². The van der Waals surface area contributed by atoms with E-state index in [9.17, 15) is 0 Å². The SMILES string of the molecule is CC(C)(CC#N)c1ccn(-c2cccnn2)c1. The van der Waals surface area contributed by atoms with Gasteiger partial charge in [-0.1, -0.05) is 13.8 Å². The van der Waals surface area contributed by atoms with Gasteiger partial charge < -0.3 is 4.57 Å². The largest absolute Gasteiger partial charge is 0.307 e. The molecule has 0 aliphatic heterocycles. The molecule has 2 aromatic rings. The summed E-state index contributed by atoms with van der Waals surface area (Å²) in [6, 6.07) is 7.98. The molecule has 0 fully saturated rings. The zero-order valence-electron chi connectivity index (χ0n) is 9.96. The quantitative estimate of drug-likeness (QED) is 0.807. The van der Waals surface area contributed by atoms with Crippen LogP contribution in [0.1, 0.15) is 25.8 Å². The van der Waals surface area contributed by atoms with Crippen LogP contribution in [0.25, 0.3) is 5.82 Å². The van der Waals surface area contributed by atoms with E-state index >= 15 is 0 Å². The molecule has 0 spiro atoms. The molecule has 2 rings (SSSR count). The summed E-state index contributed by atoms with van der Waals surface area (Å²) in [4.78, 5) is 0. The van der Waals surface area contributed by atoms with Crippen LogP contribution in [0.3, 0.4) is 0 Å². The van der Waals surface area contributed by atoms with E-state index in [-0.39, 0.29) is 5.41 Å². The monoisotopic (exact) mass is 226 g/mol. The van der Waals surface area contributed by atoms with Crippen LogP contribution in [0.4, 0.5) is 0 Å². The van der Waals surface area contributed by atoms with Gasteiger partial charge in [0.2, 0.25) is 0 Å². The number of nitriles is 1. The van der Waals surface area contributed by atoms with Crippen molar-refractivity contribution in [2.24, 2.45) is 0 Å². The molecule has 17 heavy (non-hydrogen) atoms. The van der Waals surface area contributed by atoms with Crippen molar-refractivity contribution in [3.8, 4) is 11.9 Å². The van der Waals surface area contributed by atoms with Gasteiger partial charge >= 0.3 is 0 Å². The van der Waals surface area contributed by atoms with Crippen molar-refractivity contribution in [3.63, 3.8) is 0 Å². The van der Waals surface area contributed by atoms with Crippen molar-refractivity contribution in [1.82, 2.24) is 14.8 Å². The number of rotatable bonds is 3. The first kappa shape index (κ1) is 11.3. The van der Waals surface area contributed by atoms with Gasteiger partial charge in [0.1, 0.15) is 0 Å². The van der Waals surface area contributed by atoms with Crippen molar-refractivity contribution in [2.45, 2.75) is 25.7 Å². The highest BCUT2D eigenvalue weighted by molar-refractivity contribution is 5.29. The van der Waals surface area contributed by atoms with E-state index < -0.39 is 0 Å². The second kappa shape index (κ2) is 4.38. The zero-order valence-corrected chi connectivity index (χ0v) is 9.96. The molecule has 4 heteroatoms. The maximum Gasteiger partial charge on any atom is 0.159 e. The Bertz CT molecular complexity index is 534.